The smallest absolute Gasteiger partial charge is 0.139 e. The molecule has 0 atom stereocenters. The van der Waals surface area contributed by atoms with E-state index in [-0.39, 0.29) is 0 Å². The van der Waals surface area contributed by atoms with Crippen LogP contribution in [-0.2, 0) is 6.54 Å². The average molecular weight is 302 g/mol. The van der Waals surface area contributed by atoms with E-state index in [0.29, 0.717) is 17.3 Å². The zero-order valence-corrected chi connectivity index (χ0v) is 12.7. The van der Waals surface area contributed by atoms with Gasteiger partial charge in [0.15, 0.2) is 0 Å². The van der Waals surface area contributed by atoms with Gasteiger partial charge in [-0.25, -0.2) is 0 Å². The van der Waals surface area contributed by atoms with E-state index in [4.69, 9.17) is 20.8 Å². The predicted octanol–water partition coefficient (Wildman–Crippen LogP) is 5.02. The van der Waals surface area contributed by atoms with Gasteiger partial charge in [0.1, 0.15) is 17.1 Å². The first-order valence-corrected chi connectivity index (χ1v) is 7.11. The minimum atomic E-state index is 0.605. The van der Waals surface area contributed by atoms with Crippen molar-refractivity contribution in [1.29, 1.82) is 0 Å². The fourth-order valence-corrected chi connectivity index (χ4v) is 2.60. The van der Waals surface area contributed by atoms with Crippen molar-refractivity contribution in [2.24, 2.45) is 0 Å². The summed E-state index contributed by atoms with van der Waals surface area (Å²) >= 11 is 6.03. The summed E-state index contributed by atoms with van der Waals surface area (Å²) in [5, 5.41) is 5.13. The lowest BCUT2D eigenvalue weighted by Gasteiger charge is -2.09. The molecule has 1 aromatic heterocycles. The monoisotopic (exact) mass is 301 g/mol. The van der Waals surface area contributed by atoms with Gasteiger partial charge in [0, 0.05) is 29.2 Å². The number of methoxy groups -OCH3 is 1. The third-order valence-corrected chi connectivity index (χ3v) is 3.83. The quantitative estimate of drug-likeness (QED) is 0.735. The van der Waals surface area contributed by atoms with E-state index in [9.17, 15) is 0 Å². The van der Waals surface area contributed by atoms with Crippen molar-refractivity contribution in [3.63, 3.8) is 0 Å². The van der Waals surface area contributed by atoms with Crippen LogP contribution in [0.3, 0.4) is 0 Å². The largest absolute Gasteiger partial charge is 0.495 e. The highest BCUT2D eigenvalue weighted by molar-refractivity contribution is 6.32. The van der Waals surface area contributed by atoms with Crippen molar-refractivity contribution >= 4 is 28.3 Å². The molecule has 0 bridgehead atoms. The second-order valence-corrected chi connectivity index (χ2v) is 5.24. The zero-order valence-electron chi connectivity index (χ0n) is 11.9. The van der Waals surface area contributed by atoms with Gasteiger partial charge in [-0.15, -0.1) is 0 Å². The maximum atomic E-state index is 6.03. The molecule has 4 heteroatoms. The van der Waals surface area contributed by atoms with Crippen LogP contribution < -0.4 is 10.1 Å². The summed E-state index contributed by atoms with van der Waals surface area (Å²) in [6.45, 7) is 2.67. The predicted molar refractivity (Wildman–Crippen MR) is 86.3 cm³/mol. The molecular formula is C17H16ClNO2. The molecular weight excluding hydrogens is 286 g/mol. The first-order valence-electron chi connectivity index (χ1n) is 6.73. The molecule has 1 N–H and O–H groups in total. The van der Waals surface area contributed by atoms with Crippen LogP contribution >= 0.6 is 11.6 Å². The lowest BCUT2D eigenvalue weighted by atomic mass is 10.1. The lowest BCUT2D eigenvalue weighted by molar-refractivity contribution is 0.415. The number of aryl methyl sites for hydroxylation is 1. The van der Waals surface area contributed by atoms with Crippen LogP contribution in [0.4, 0.5) is 5.69 Å². The van der Waals surface area contributed by atoms with Crippen LogP contribution in [0, 0.1) is 6.92 Å². The van der Waals surface area contributed by atoms with Gasteiger partial charge in [0.05, 0.1) is 12.1 Å². The Hall–Kier alpha value is -2.13. The molecule has 3 rings (SSSR count). The number of fused-ring (bicyclic) bond motifs is 1. The van der Waals surface area contributed by atoms with Crippen molar-refractivity contribution in [2.75, 3.05) is 12.4 Å². The molecule has 0 fully saturated rings. The summed E-state index contributed by atoms with van der Waals surface area (Å²) < 4.78 is 11.0. The van der Waals surface area contributed by atoms with E-state index in [2.05, 4.69) is 11.4 Å². The van der Waals surface area contributed by atoms with Crippen LogP contribution in [-0.4, -0.2) is 7.11 Å². The van der Waals surface area contributed by atoms with E-state index in [1.54, 1.807) is 7.11 Å². The van der Waals surface area contributed by atoms with Crippen molar-refractivity contribution in [1.82, 2.24) is 0 Å². The Morgan fingerprint density at radius 2 is 2.00 bits per heavy atom. The minimum absolute atomic E-state index is 0.605. The number of para-hydroxylation sites is 1. The Labute approximate surface area is 128 Å². The van der Waals surface area contributed by atoms with Gasteiger partial charge in [-0.3, -0.25) is 0 Å². The number of furan rings is 1. The number of hydrogen-bond donors (Lipinski definition) is 1. The normalized spacial score (nSPS) is 10.8. The van der Waals surface area contributed by atoms with Gasteiger partial charge in [0.2, 0.25) is 0 Å². The molecule has 3 aromatic rings. The van der Waals surface area contributed by atoms with Gasteiger partial charge >= 0.3 is 0 Å². The first kappa shape index (κ1) is 13.8. The van der Waals surface area contributed by atoms with E-state index >= 15 is 0 Å². The number of hydrogen-bond acceptors (Lipinski definition) is 3. The Balaban J connectivity index is 1.85. The average Bonchev–Trinajstić information content (AvgIpc) is 2.82. The van der Waals surface area contributed by atoms with Gasteiger partial charge in [-0.2, -0.15) is 0 Å². The minimum Gasteiger partial charge on any atom is -0.495 e. The van der Waals surface area contributed by atoms with Crippen LogP contribution in [0.15, 0.2) is 46.9 Å². The van der Waals surface area contributed by atoms with Crippen LogP contribution in [0.2, 0.25) is 5.02 Å². The van der Waals surface area contributed by atoms with E-state index in [1.807, 2.05) is 43.3 Å². The van der Waals surface area contributed by atoms with E-state index in [1.165, 1.54) is 5.56 Å². The third kappa shape index (κ3) is 2.69. The van der Waals surface area contributed by atoms with E-state index in [0.717, 1.165) is 22.4 Å². The van der Waals surface area contributed by atoms with Crippen LogP contribution in [0.1, 0.15) is 11.3 Å². The van der Waals surface area contributed by atoms with Gasteiger partial charge < -0.3 is 14.5 Å². The molecule has 2 aromatic carbocycles. The SMILES string of the molecule is COc1cc(NCc2c(C)oc3ccccc23)ccc1Cl. The Morgan fingerprint density at radius 1 is 1.19 bits per heavy atom. The number of rotatable bonds is 4. The molecule has 3 nitrogen and oxygen atoms in total. The van der Waals surface area contributed by atoms with Crippen molar-refractivity contribution < 1.29 is 9.15 Å². The number of anilines is 1. The highest BCUT2D eigenvalue weighted by atomic mass is 35.5. The number of nitrogens with one attached hydrogen (secondary N) is 1. The molecule has 0 radical (unpaired) electrons. The molecule has 0 aliphatic carbocycles. The Bertz CT molecular complexity index is 780. The zero-order chi connectivity index (χ0) is 14.8. The molecule has 0 aliphatic rings. The molecule has 0 saturated carbocycles. The maximum Gasteiger partial charge on any atom is 0.139 e. The molecule has 0 amide bonds. The first-order chi connectivity index (χ1) is 10.2. The number of ether oxygens (including phenoxy) is 1. The topological polar surface area (TPSA) is 34.4 Å². The van der Waals surface area contributed by atoms with Crippen molar-refractivity contribution in [3.05, 3.63) is 58.8 Å². The standard InChI is InChI=1S/C17H16ClNO2/c1-11-14(13-5-3-4-6-16(13)21-11)10-19-12-7-8-15(18)17(9-12)20-2/h3-9,19H,10H2,1-2H3. The third-order valence-electron chi connectivity index (χ3n) is 3.52. The summed E-state index contributed by atoms with van der Waals surface area (Å²) in [7, 11) is 1.61. The highest BCUT2D eigenvalue weighted by Gasteiger charge is 2.10. The summed E-state index contributed by atoms with van der Waals surface area (Å²) in [4.78, 5) is 0. The Kier molecular flexibility index (Phi) is 3.76. The number of benzene rings is 2. The summed E-state index contributed by atoms with van der Waals surface area (Å²) in [5.74, 6) is 1.60. The molecule has 0 aliphatic heterocycles. The molecule has 1 heterocycles. The highest BCUT2D eigenvalue weighted by Crippen LogP contribution is 2.29. The van der Waals surface area contributed by atoms with Crippen molar-refractivity contribution in [3.8, 4) is 5.75 Å². The number of halogens is 1. The lowest BCUT2D eigenvalue weighted by Crippen LogP contribution is -2.00. The summed E-state index contributed by atoms with van der Waals surface area (Å²) in [5.41, 5.74) is 3.04. The molecule has 21 heavy (non-hydrogen) atoms. The molecule has 0 unspecified atom stereocenters. The fraction of sp³-hybridized carbons (Fsp3) is 0.176. The molecule has 0 spiro atoms. The molecule has 0 saturated heterocycles. The summed E-state index contributed by atoms with van der Waals surface area (Å²) in [6.07, 6.45) is 0. The summed E-state index contributed by atoms with van der Waals surface area (Å²) in [6, 6.07) is 13.7. The Morgan fingerprint density at radius 3 is 2.81 bits per heavy atom. The van der Waals surface area contributed by atoms with Crippen LogP contribution in [0.5, 0.6) is 5.75 Å². The second-order valence-electron chi connectivity index (χ2n) is 4.84. The maximum absolute atomic E-state index is 6.03. The second kappa shape index (κ2) is 5.70. The van der Waals surface area contributed by atoms with Gasteiger partial charge in [0.25, 0.3) is 0 Å². The molecule has 108 valence electrons. The van der Waals surface area contributed by atoms with E-state index < -0.39 is 0 Å². The van der Waals surface area contributed by atoms with Crippen LogP contribution in [0.25, 0.3) is 11.0 Å². The van der Waals surface area contributed by atoms with Gasteiger partial charge in [-0.1, -0.05) is 29.8 Å². The fourth-order valence-electron chi connectivity index (χ4n) is 2.40. The van der Waals surface area contributed by atoms with Crippen molar-refractivity contribution in [2.45, 2.75) is 13.5 Å². The van der Waals surface area contributed by atoms with Gasteiger partial charge in [-0.05, 0) is 25.1 Å².